The van der Waals surface area contributed by atoms with Gasteiger partial charge in [0.15, 0.2) is 0 Å². The van der Waals surface area contributed by atoms with E-state index in [0.29, 0.717) is 17.9 Å². The van der Waals surface area contributed by atoms with Crippen molar-refractivity contribution in [2.45, 2.75) is 70.9 Å². The molecule has 0 radical (unpaired) electrons. The van der Waals surface area contributed by atoms with Crippen molar-refractivity contribution in [3.8, 4) is 0 Å². The Bertz CT molecular complexity index is 393. The monoisotopic (exact) mass is 302 g/mol. The third kappa shape index (κ3) is 5.34. The van der Waals surface area contributed by atoms with E-state index in [-0.39, 0.29) is 11.8 Å². The summed E-state index contributed by atoms with van der Waals surface area (Å²) >= 11 is 0. The molecule has 0 amide bonds. The van der Waals surface area contributed by atoms with Crippen LogP contribution in [0.25, 0.3) is 0 Å². The van der Waals surface area contributed by atoms with Crippen LogP contribution >= 0.6 is 0 Å². The van der Waals surface area contributed by atoms with Gasteiger partial charge in [-0.1, -0.05) is 26.7 Å². The molecule has 4 nitrogen and oxygen atoms in total. The average molecular weight is 302 g/mol. The van der Waals surface area contributed by atoms with Crippen LogP contribution in [0.4, 0.5) is 0 Å². The highest BCUT2D eigenvalue weighted by Crippen LogP contribution is 2.29. The number of hydrogen-bond donors (Lipinski definition) is 2. The largest absolute Gasteiger partial charge is 0.314 e. The molecule has 118 valence electrons. The van der Waals surface area contributed by atoms with Crippen molar-refractivity contribution in [1.82, 2.24) is 10.0 Å². The molecular weight excluding hydrogens is 272 g/mol. The lowest BCUT2D eigenvalue weighted by molar-refractivity contribution is 0.227. The zero-order chi connectivity index (χ0) is 14.6. The molecule has 2 aliphatic carbocycles. The zero-order valence-corrected chi connectivity index (χ0v) is 13.7. The number of sulfonamides is 1. The molecule has 3 unspecified atom stereocenters. The molecule has 2 aliphatic rings. The van der Waals surface area contributed by atoms with E-state index in [4.69, 9.17) is 0 Å². The van der Waals surface area contributed by atoms with E-state index < -0.39 is 10.0 Å². The van der Waals surface area contributed by atoms with Gasteiger partial charge in [0.1, 0.15) is 0 Å². The lowest BCUT2D eigenvalue weighted by Crippen LogP contribution is -2.44. The summed E-state index contributed by atoms with van der Waals surface area (Å²) in [5, 5.41) is 3.42. The molecule has 20 heavy (non-hydrogen) atoms. The summed E-state index contributed by atoms with van der Waals surface area (Å²) < 4.78 is 27.2. The van der Waals surface area contributed by atoms with E-state index in [1.54, 1.807) is 0 Å². The van der Waals surface area contributed by atoms with Crippen molar-refractivity contribution in [2.24, 2.45) is 11.8 Å². The van der Waals surface area contributed by atoms with Crippen molar-refractivity contribution in [2.75, 3.05) is 12.3 Å². The topological polar surface area (TPSA) is 58.2 Å². The predicted molar refractivity (Wildman–Crippen MR) is 83.1 cm³/mol. The minimum atomic E-state index is -3.10. The Balaban J connectivity index is 1.66. The molecule has 0 spiro atoms. The van der Waals surface area contributed by atoms with Gasteiger partial charge in [0, 0.05) is 12.1 Å². The van der Waals surface area contributed by atoms with Crippen LogP contribution in [0, 0.1) is 11.8 Å². The third-order valence-electron chi connectivity index (χ3n) is 4.89. The van der Waals surface area contributed by atoms with Crippen LogP contribution in [0.1, 0.15) is 58.8 Å². The van der Waals surface area contributed by atoms with Crippen LogP contribution in [0.3, 0.4) is 0 Å². The molecular formula is C15H30N2O2S. The Kier molecular flexibility index (Phi) is 5.87. The average Bonchev–Trinajstić information content (AvgIpc) is 3.18. The number of unbranched alkanes of at least 4 members (excludes halogenated alkanes) is 1. The second-order valence-electron chi connectivity index (χ2n) is 6.75. The summed E-state index contributed by atoms with van der Waals surface area (Å²) in [4.78, 5) is 0. The highest BCUT2D eigenvalue weighted by Gasteiger charge is 2.29. The number of nitrogens with one attached hydrogen (secondary N) is 2. The van der Waals surface area contributed by atoms with Crippen LogP contribution in [-0.4, -0.2) is 32.8 Å². The normalized spacial score (nSPS) is 31.4. The third-order valence-corrected chi connectivity index (χ3v) is 6.38. The fraction of sp³-hybridized carbons (Fsp3) is 1.00. The predicted octanol–water partition coefficient (Wildman–Crippen LogP) is 2.26. The Morgan fingerprint density at radius 2 is 1.80 bits per heavy atom. The van der Waals surface area contributed by atoms with E-state index in [1.165, 1.54) is 19.3 Å². The molecule has 2 saturated carbocycles. The summed E-state index contributed by atoms with van der Waals surface area (Å²) in [6, 6.07) is 0.864. The quantitative estimate of drug-likeness (QED) is 0.676. The van der Waals surface area contributed by atoms with Crippen molar-refractivity contribution in [3.05, 3.63) is 0 Å². The van der Waals surface area contributed by atoms with Gasteiger partial charge in [-0.15, -0.1) is 0 Å². The first kappa shape index (κ1) is 16.2. The molecule has 2 N–H and O–H groups in total. The van der Waals surface area contributed by atoms with Gasteiger partial charge in [0.05, 0.1) is 5.75 Å². The van der Waals surface area contributed by atoms with E-state index >= 15 is 0 Å². The molecule has 0 aromatic heterocycles. The van der Waals surface area contributed by atoms with Gasteiger partial charge < -0.3 is 5.32 Å². The van der Waals surface area contributed by atoms with Gasteiger partial charge in [-0.25, -0.2) is 13.1 Å². The fourth-order valence-electron chi connectivity index (χ4n) is 3.05. The van der Waals surface area contributed by atoms with Crippen LogP contribution in [0.2, 0.25) is 0 Å². The van der Waals surface area contributed by atoms with E-state index in [2.05, 4.69) is 23.9 Å². The summed E-state index contributed by atoms with van der Waals surface area (Å²) in [5.74, 6) is 1.35. The summed E-state index contributed by atoms with van der Waals surface area (Å²) in [5.41, 5.74) is 0. The van der Waals surface area contributed by atoms with Crippen LogP contribution in [-0.2, 0) is 10.0 Å². The molecule has 5 heteroatoms. The standard InChI is InChI=1S/C15H30N2O2S/c1-12-6-5-7-15(13(12)2)17-20(18,19)11-4-3-10-16-14-8-9-14/h12-17H,3-11H2,1-2H3. The second kappa shape index (κ2) is 7.23. The first-order valence-electron chi connectivity index (χ1n) is 8.21. The molecule has 0 aliphatic heterocycles. The second-order valence-corrected chi connectivity index (χ2v) is 8.62. The first-order valence-corrected chi connectivity index (χ1v) is 9.86. The Hall–Kier alpha value is -0.130. The van der Waals surface area contributed by atoms with Crippen LogP contribution in [0.15, 0.2) is 0 Å². The molecule has 2 fully saturated rings. The number of hydrogen-bond acceptors (Lipinski definition) is 3. The molecule has 0 aromatic carbocycles. The zero-order valence-electron chi connectivity index (χ0n) is 12.9. The Morgan fingerprint density at radius 3 is 2.50 bits per heavy atom. The summed E-state index contributed by atoms with van der Waals surface area (Å²) in [6.07, 6.45) is 7.65. The smallest absolute Gasteiger partial charge is 0.211 e. The van der Waals surface area contributed by atoms with Crippen LogP contribution in [0.5, 0.6) is 0 Å². The molecule has 3 atom stereocenters. The van der Waals surface area contributed by atoms with Gasteiger partial charge in [-0.05, 0) is 50.5 Å². The summed E-state index contributed by atoms with van der Waals surface area (Å²) in [6.45, 7) is 5.36. The summed E-state index contributed by atoms with van der Waals surface area (Å²) in [7, 11) is -3.10. The Morgan fingerprint density at radius 1 is 1.05 bits per heavy atom. The molecule has 2 rings (SSSR count). The van der Waals surface area contributed by atoms with E-state index in [9.17, 15) is 8.42 Å². The van der Waals surface area contributed by atoms with Crippen LogP contribution < -0.4 is 10.0 Å². The van der Waals surface area contributed by atoms with Gasteiger partial charge >= 0.3 is 0 Å². The highest BCUT2D eigenvalue weighted by atomic mass is 32.2. The van der Waals surface area contributed by atoms with E-state index in [1.807, 2.05) is 0 Å². The highest BCUT2D eigenvalue weighted by molar-refractivity contribution is 7.89. The maximum atomic E-state index is 12.1. The van der Waals surface area contributed by atoms with Crippen molar-refractivity contribution >= 4 is 10.0 Å². The van der Waals surface area contributed by atoms with Crippen molar-refractivity contribution in [3.63, 3.8) is 0 Å². The van der Waals surface area contributed by atoms with E-state index in [0.717, 1.165) is 32.2 Å². The van der Waals surface area contributed by atoms with Gasteiger partial charge in [-0.3, -0.25) is 0 Å². The van der Waals surface area contributed by atoms with Gasteiger partial charge in [-0.2, -0.15) is 0 Å². The molecule has 0 heterocycles. The molecule has 0 saturated heterocycles. The van der Waals surface area contributed by atoms with Gasteiger partial charge in [0.2, 0.25) is 10.0 Å². The Labute approximate surface area is 124 Å². The number of rotatable bonds is 8. The fourth-order valence-corrected chi connectivity index (χ4v) is 4.54. The maximum absolute atomic E-state index is 12.1. The maximum Gasteiger partial charge on any atom is 0.211 e. The minimum Gasteiger partial charge on any atom is -0.314 e. The van der Waals surface area contributed by atoms with Gasteiger partial charge in [0.25, 0.3) is 0 Å². The SMILES string of the molecule is CC1CCCC(NS(=O)(=O)CCCCNC2CC2)C1C. The van der Waals surface area contributed by atoms with Crippen molar-refractivity contribution in [1.29, 1.82) is 0 Å². The first-order chi connectivity index (χ1) is 9.48. The lowest BCUT2D eigenvalue weighted by Gasteiger charge is -2.34. The molecule has 0 aromatic rings. The minimum absolute atomic E-state index is 0.147. The molecule has 0 bridgehead atoms. The van der Waals surface area contributed by atoms with Crippen molar-refractivity contribution < 1.29 is 8.42 Å². The lowest BCUT2D eigenvalue weighted by atomic mass is 9.78.